The first-order valence-corrected chi connectivity index (χ1v) is 5.77. The molecule has 0 unspecified atom stereocenters. The summed E-state index contributed by atoms with van der Waals surface area (Å²) >= 11 is 6.07. The minimum atomic E-state index is -0.991. The molecule has 98 valence electrons. The Morgan fingerprint density at radius 3 is 2.44 bits per heavy atom. The van der Waals surface area contributed by atoms with Gasteiger partial charge in [0.05, 0.1) is 29.4 Å². The van der Waals surface area contributed by atoms with Crippen LogP contribution in [0.15, 0.2) is 18.2 Å². The molecule has 2 rings (SSSR count). The van der Waals surface area contributed by atoms with Crippen molar-refractivity contribution < 1.29 is 19.4 Å². The molecule has 0 aromatic heterocycles. The second kappa shape index (κ2) is 4.76. The van der Waals surface area contributed by atoms with E-state index in [2.05, 4.69) is 0 Å². The summed E-state index contributed by atoms with van der Waals surface area (Å²) in [7, 11) is 3.19. The fourth-order valence-corrected chi connectivity index (χ4v) is 2.24. The molecule has 1 N–H and O–H groups in total. The molecule has 1 aromatic rings. The van der Waals surface area contributed by atoms with E-state index in [9.17, 15) is 4.79 Å². The third-order valence-electron chi connectivity index (χ3n) is 3.14. The van der Waals surface area contributed by atoms with Gasteiger partial charge in [-0.15, -0.1) is 0 Å². The van der Waals surface area contributed by atoms with Crippen LogP contribution in [0, 0.1) is 0 Å². The largest absolute Gasteiger partial charge is 0.478 e. The number of nitrogens with zero attached hydrogens (tertiary/aromatic N) is 1. The number of anilines is 1. The maximum atomic E-state index is 10.8. The van der Waals surface area contributed by atoms with E-state index in [1.54, 1.807) is 20.3 Å². The van der Waals surface area contributed by atoms with Gasteiger partial charge in [-0.2, -0.15) is 0 Å². The Hall–Kier alpha value is -1.30. The van der Waals surface area contributed by atoms with Crippen LogP contribution in [-0.4, -0.2) is 44.2 Å². The lowest BCUT2D eigenvalue weighted by Crippen LogP contribution is -2.64. The van der Waals surface area contributed by atoms with E-state index in [0.717, 1.165) is 5.69 Å². The molecule has 1 aliphatic rings. The summed E-state index contributed by atoms with van der Waals surface area (Å²) in [4.78, 5) is 12.8. The van der Waals surface area contributed by atoms with Crippen LogP contribution in [0.1, 0.15) is 10.4 Å². The zero-order valence-corrected chi connectivity index (χ0v) is 10.9. The van der Waals surface area contributed by atoms with Crippen molar-refractivity contribution in [3.63, 3.8) is 0 Å². The predicted octanol–water partition coefficient (Wildman–Crippen LogP) is 1.85. The molecule has 0 atom stereocenters. The smallest absolute Gasteiger partial charge is 0.335 e. The molecule has 1 saturated heterocycles. The van der Waals surface area contributed by atoms with Crippen LogP contribution in [0.4, 0.5) is 5.69 Å². The predicted molar refractivity (Wildman–Crippen MR) is 67.4 cm³/mol. The van der Waals surface area contributed by atoms with Crippen LogP contribution in [0.25, 0.3) is 0 Å². The van der Waals surface area contributed by atoms with Gasteiger partial charge >= 0.3 is 5.97 Å². The minimum absolute atomic E-state index is 0.175. The van der Waals surface area contributed by atoms with Crippen LogP contribution in [0.3, 0.4) is 0 Å². The van der Waals surface area contributed by atoms with Crippen LogP contribution < -0.4 is 4.90 Å². The van der Waals surface area contributed by atoms with E-state index in [1.807, 2.05) is 4.90 Å². The van der Waals surface area contributed by atoms with Crippen molar-refractivity contribution in [1.29, 1.82) is 0 Å². The monoisotopic (exact) mass is 271 g/mol. The molecule has 0 spiro atoms. The molecule has 18 heavy (non-hydrogen) atoms. The van der Waals surface area contributed by atoms with Gasteiger partial charge in [0.25, 0.3) is 0 Å². The molecule has 5 nitrogen and oxygen atoms in total. The lowest BCUT2D eigenvalue weighted by atomic mass is 10.1. The van der Waals surface area contributed by atoms with Crippen molar-refractivity contribution in [2.75, 3.05) is 32.2 Å². The van der Waals surface area contributed by atoms with Crippen molar-refractivity contribution in [3.05, 3.63) is 28.8 Å². The van der Waals surface area contributed by atoms with Crippen LogP contribution in [0.5, 0.6) is 0 Å². The molecule has 0 saturated carbocycles. The Labute approximate surface area is 110 Å². The molecule has 0 aliphatic carbocycles. The van der Waals surface area contributed by atoms with Gasteiger partial charge in [0.15, 0.2) is 0 Å². The first kappa shape index (κ1) is 13.1. The van der Waals surface area contributed by atoms with E-state index in [-0.39, 0.29) is 5.56 Å². The third kappa shape index (κ3) is 2.16. The number of hydrogen-bond acceptors (Lipinski definition) is 4. The standard InChI is InChI=1S/C12H14ClNO4/c1-17-12(18-2)6-14(7-12)10-4-3-8(11(15)16)5-9(10)13/h3-5H,6-7H2,1-2H3,(H,15,16). The highest BCUT2D eigenvalue weighted by molar-refractivity contribution is 6.33. The summed E-state index contributed by atoms with van der Waals surface area (Å²) in [6, 6.07) is 4.67. The average Bonchev–Trinajstić information content (AvgIpc) is 2.30. The van der Waals surface area contributed by atoms with Gasteiger partial charge in [-0.05, 0) is 18.2 Å². The van der Waals surface area contributed by atoms with Crippen molar-refractivity contribution in [3.8, 4) is 0 Å². The molecular weight excluding hydrogens is 258 g/mol. The van der Waals surface area contributed by atoms with Gasteiger partial charge in [0, 0.05) is 14.2 Å². The fraction of sp³-hybridized carbons (Fsp3) is 0.417. The fourth-order valence-electron chi connectivity index (χ4n) is 1.94. The lowest BCUT2D eigenvalue weighted by molar-refractivity contribution is -0.219. The molecule has 1 aliphatic heterocycles. The van der Waals surface area contributed by atoms with Gasteiger partial charge in [-0.25, -0.2) is 4.79 Å². The minimum Gasteiger partial charge on any atom is -0.478 e. The van der Waals surface area contributed by atoms with Gasteiger partial charge in [0.2, 0.25) is 5.79 Å². The number of rotatable bonds is 4. The van der Waals surface area contributed by atoms with Crippen LogP contribution in [0.2, 0.25) is 5.02 Å². The number of aromatic carboxylic acids is 1. The summed E-state index contributed by atoms with van der Waals surface area (Å²) in [6.07, 6.45) is 0. The summed E-state index contributed by atoms with van der Waals surface area (Å²) < 4.78 is 10.6. The quantitative estimate of drug-likeness (QED) is 0.847. The van der Waals surface area contributed by atoms with E-state index in [0.29, 0.717) is 18.1 Å². The topological polar surface area (TPSA) is 59.0 Å². The van der Waals surface area contributed by atoms with Crippen molar-refractivity contribution in [2.24, 2.45) is 0 Å². The number of carboxylic acids is 1. The SMILES string of the molecule is COC1(OC)CN(c2ccc(C(=O)O)cc2Cl)C1. The molecule has 6 heteroatoms. The number of hydrogen-bond donors (Lipinski definition) is 1. The average molecular weight is 272 g/mol. The number of halogens is 1. The highest BCUT2D eigenvalue weighted by Crippen LogP contribution is 2.35. The first-order chi connectivity index (χ1) is 8.51. The summed E-state index contributed by atoms with van der Waals surface area (Å²) in [5.41, 5.74) is 0.959. The number of ether oxygens (including phenoxy) is 2. The van der Waals surface area contributed by atoms with E-state index >= 15 is 0 Å². The Morgan fingerprint density at radius 2 is 2.00 bits per heavy atom. The summed E-state index contributed by atoms with van der Waals surface area (Å²) in [5.74, 6) is -1.58. The zero-order valence-electron chi connectivity index (χ0n) is 10.1. The second-order valence-electron chi connectivity index (χ2n) is 4.15. The Balaban J connectivity index is 2.15. The van der Waals surface area contributed by atoms with Gasteiger partial charge in [-0.3, -0.25) is 0 Å². The molecular formula is C12H14ClNO4. The number of methoxy groups -OCH3 is 2. The summed E-state index contributed by atoms with van der Waals surface area (Å²) in [5, 5.41) is 9.27. The molecule has 0 radical (unpaired) electrons. The molecule has 0 bridgehead atoms. The highest BCUT2D eigenvalue weighted by atomic mass is 35.5. The van der Waals surface area contributed by atoms with E-state index in [1.165, 1.54) is 12.1 Å². The summed E-state index contributed by atoms with van der Waals surface area (Å²) in [6.45, 7) is 1.12. The second-order valence-corrected chi connectivity index (χ2v) is 4.55. The van der Waals surface area contributed by atoms with Gasteiger partial charge in [0.1, 0.15) is 0 Å². The van der Waals surface area contributed by atoms with Crippen molar-refractivity contribution in [1.82, 2.24) is 0 Å². The van der Waals surface area contributed by atoms with E-state index < -0.39 is 11.8 Å². The third-order valence-corrected chi connectivity index (χ3v) is 3.45. The lowest BCUT2D eigenvalue weighted by Gasteiger charge is -2.48. The Bertz CT molecular complexity index is 465. The van der Waals surface area contributed by atoms with Crippen LogP contribution >= 0.6 is 11.6 Å². The molecule has 1 heterocycles. The zero-order chi connectivity index (χ0) is 13.3. The highest BCUT2D eigenvalue weighted by Gasteiger charge is 2.44. The Morgan fingerprint density at radius 1 is 1.39 bits per heavy atom. The van der Waals surface area contributed by atoms with E-state index in [4.69, 9.17) is 26.2 Å². The maximum absolute atomic E-state index is 10.8. The maximum Gasteiger partial charge on any atom is 0.335 e. The van der Waals surface area contributed by atoms with Gasteiger partial charge < -0.3 is 19.5 Å². The van der Waals surface area contributed by atoms with Gasteiger partial charge in [-0.1, -0.05) is 11.6 Å². The normalized spacial score (nSPS) is 17.4. The van der Waals surface area contributed by atoms with Crippen molar-refractivity contribution in [2.45, 2.75) is 5.79 Å². The van der Waals surface area contributed by atoms with Crippen molar-refractivity contribution >= 4 is 23.3 Å². The number of carbonyl (C=O) groups is 1. The molecule has 1 fully saturated rings. The number of benzene rings is 1. The Kier molecular flexibility index (Phi) is 3.47. The molecule has 1 aromatic carbocycles. The van der Waals surface area contributed by atoms with Crippen LogP contribution in [-0.2, 0) is 9.47 Å². The molecule has 0 amide bonds. The number of carboxylic acid groups (broad SMARTS) is 1. The first-order valence-electron chi connectivity index (χ1n) is 5.39.